The van der Waals surface area contributed by atoms with Crippen LogP contribution in [0.5, 0.6) is 0 Å². The lowest BCUT2D eigenvalue weighted by Crippen LogP contribution is -2.32. The maximum atomic E-state index is 12.0. The molecule has 0 saturated heterocycles. The summed E-state index contributed by atoms with van der Waals surface area (Å²) in [5.41, 5.74) is 0.538. The molecule has 0 atom stereocenters. The second-order valence-electron chi connectivity index (χ2n) is 3.37. The first-order valence-electron chi connectivity index (χ1n) is 4.77. The number of aliphatic imine (C=N–C) groups is 1. The van der Waals surface area contributed by atoms with Gasteiger partial charge in [0.15, 0.2) is 0 Å². The zero-order valence-electron chi connectivity index (χ0n) is 8.40. The molecule has 0 radical (unpaired) electrons. The molecule has 1 aliphatic heterocycles. The molecule has 1 amide bonds. The van der Waals surface area contributed by atoms with Crippen LogP contribution in [0.3, 0.4) is 0 Å². The van der Waals surface area contributed by atoms with Crippen LogP contribution in [0.1, 0.15) is 17.3 Å². The Morgan fingerprint density at radius 3 is 2.80 bits per heavy atom. The highest BCUT2D eigenvalue weighted by Gasteiger charge is 2.22. The van der Waals surface area contributed by atoms with E-state index in [4.69, 9.17) is 11.6 Å². The maximum absolute atomic E-state index is 12.0. The van der Waals surface area contributed by atoms with Crippen LogP contribution in [0.2, 0.25) is 5.02 Å². The summed E-state index contributed by atoms with van der Waals surface area (Å²) in [5, 5.41) is 0.488. The van der Waals surface area contributed by atoms with Crippen molar-refractivity contribution in [3.8, 4) is 0 Å². The number of amides is 1. The van der Waals surface area contributed by atoms with Crippen molar-refractivity contribution in [3.63, 3.8) is 0 Å². The van der Waals surface area contributed by atoms with Gasteiger partial charge in [0.1, 0.15) is 5.84 Å². The topological polar surface area (TPSA) is 32.7 Å². The van der Waals surface area contributed by atoms with Gasteiger partial charge in [0.2, 0.25) is 0 Å². The third-order valence-electron chi connectivity index (χ3n) is 2.40. The first-order chi connectivity index (χ1) is 7.20. The van der Waals surface area contributed by atoms with Gasteiger partial charge in [-0.25, -0.2) is 0 Å². The number of hydrogen-bond acceptors (Lipinski definition) is 2. The van der Waals surface area contributed by atoms with Gasteiger partial charge in [-0.2, -0.15) is 0 Å². The van der Waals surface area contributed by atoms with Crippen molar-refractivity contribution in [2.24, 2.45) is 4.99 Å². The average molecular weight is 223 g/mol. The summed E-state index contributed by atoms with van der Waals surface area (Å²) in [6.45, 7) is 3.17. The van der Waals surface area contributed by atoms with E-state index in [0.29, 0.717) is 23.7 Å². The minimum absolute atomic E-state index is 0.0700. The minimum Gasteiger partial charge on any atom is -0.295 e. The van der Waals surface area contributed by atoms with Gasteiger partial charge >= 0.3 is 0 Å². The summed E-state index contributed by atoms with van der Waals surface area (Å²) < 4.78 is 0. The number of benzene rings is 1. The molecular formula is C11H11ClN2O. The molecule has 0 fully saturated rings. The monoisotopic (exact) mass is 222 g/mol. The van der Waals surface area contributed by atoms with Crippen molar-refractivity contribution >= 4 is 23.3 Å². The Labute approximate surface area is 93.4 Å². The van der Waals surface area contributed by atoms with Crippen LogP contribution in [0.4, 0.5) is 0 Å². The summed E-state index contributed by atoms with van der Waals surface area (Å²) in [5.74, 6) is 0.694. The molecule has 3 nitrogen and oxygen atoms in total. The van der Waals surface area contributed by atoms with E-state index in [2.05, 4.69) is 4.99 Å². The normalized spacial score (nSPS) is 15.3. The molecule has 4 heteroatoms. The predicted molar refractivity (Wildman–Crippen MR) is 60.5 cm³/mol. The summed E-state index contributed by atoms with van der Waals surface area (Å²) in [7, 11) is 0. The standard InChI is InChI=1S/C11H11ClN2O/c1-8-13-6-7-14(8)11(15)9-4-2-3-5-10(9)12/h2-5H,6-7H2,1H3. The van der Waals surface area contributed by atoms with Gasteiger partial charge < -0.3 is 0 Å². The van der Waals surface area contributed by atoms with Crippen molar-refractivity contribution in [1.29, 1.82) is 0 Å². The molecule has 0 saturated carbocycles. The zero-order valence-corrected chi connectivity index (χ0v) is 9.16. The number of hydrogen-bond donors (Lipinski definition) is 0. The summed E-state index contributed by atoms with van der Waals surface area (Å²) in [6, 6.07) is 7.07. The Balaban J connectivity index is 2.29. The van der Waals surface area contributed by atoms with Crippen LogP contribution in [0.15, 0.2) is 29.3 Å². The van der Waals surface area contributed by atoms with Gasteiger partial charge in [-0.1, -0.05) is 23.7 Å². The van der Waals surface area contributed by atoms with Gasteiger partial charge in [0, 0.05) is 6.54 Å². The molecule has 0 aromatic heterocycles. The lowest BCUT2D eigenvalue weighted by Gasteiger charge is -2.16. The zero-order chi connectivity index (χ0) is 10.8. The molecule has 1 aromatic carbocycles. The van der Waals surface area contributed by atoms with Gasteiger partial charge in [0.05, 0.1) is 17.1 Å². The summed E-state index contributed by atoms with van der Waals surface area (Å²) >= 11 is 5.96. The van der Waals surface area contributed by atoms with Crippen molar-refractivity contribution < 1.29 is 4.79 Å². The fourth-order valence-corrected chi connectivity index (χ4v) is 1.80. The third-order valence-corrected chi connectivity index (χ3v) is 2.73. The Hall–Kier alpha value is -1.35. The van der Waals surface area contributed by atoms with E-state index in [9.17, 15) is 4.79 Å². The van der Waals surface area contributed by atoms with Crippen molar-refractivity contribution in [2.45, 2.75) is 6.92 Å². The average Bonchev–Trinajstić information content (AvgIpc) is 2.64. The SMILES string of the molecule is CC1=NCCN1C(=O)c1ccccc1Cl. The van der Waals surface area contributed by atoms with Gasteiger partial charge in [0.25, 0.3) is 5.91 Å². The first kappa shape index (κ1) is 10.2. The van der Waals surface area contributed by atoms with Crippen LogP contribution in [-0.2, 0) is 0 Å². The molecule has 2 rings (SSSR count). The lowest BCUT2D eigenvalue weighted by molar-refractivity contribution is 0.0857. The summed E-state index contributed by atoms with van der Waals surface area (Å²) in [6.07, 6.45) is 0. The van der Waals surface area contributed by atoms with Crippen LogP contribution < -0.4 is 0 Å². The maximum Gasteiger partial charge on any atom is 0.260 e. The molecule has 0 bridgehead atoms. The minimum atomic E-state index is -0.0700. The van der Waals surface area contributed by atoms with E-state index in [1.165, 1.54) is 0 Å². The number of carbonyl (C=O) groups is 1. The van der Waals surface area contributed by atoms with Crippen molar-refractivity contribution in [1.82, 2.24) is 4.90 Å². The van der Waals surface area contributed by atoms with Gasteiger partial charge in [-0.15, -0.1) is 0 Å². The molecule has 78 valence electrons. The molecule has 15 heavy (non-hydrogen) atoms. The lowest BCUT2D eigenvalue weighted by atomic mass is 10.2. The van der Waals surface area contributed by atoms with Crippen LogP contribution in [0, 0.1) is 0 Å². The number of halogens is 1. The van der Waals surface area contributed by atoms with E-state index >= 15 is 0 Å². The Morgan fingerprint density at radius 2 is 2.20 bits per heavy atom. The largest absolute Gasteiger partial charge is 0.295 e. The molecule has 0 spiro atoms. The number of amidine groups is 1. The quantitative estimate of drug-likeness (QED) is 0.717. The Kier molecular flexibility index (Phi) is 2.73. The fourth-order valence-electron chi connectivity index (χ4n) is 1.59. The van der Waals surface area contributed by atoms with Crippen LogP contribution in [-0.4, -0.2) is 29.7 Å². The third kappa shape index (κ3) is 1.88. The van der Waals surface area contributed by atoms with Crippen molar-refractivity contribution in [2.75, 3.05) is 13.1 Å². The molecule has 1 heterocycles. The van der Waals surface area contributed by atoms with E-state index in [1.54, 1.807) is 17.0 Å². The number of carbonyl (C=O) groups excluding carboxylic acids is 1. The van der Waals surface area contributed by atoms with E-state index in [1.807, 2.05) is 19.1 Å². The summed E-state index contributed by atoms with van der Waals surface area (Å²) in [4.78, 5) is 17.9. The number of nitrogens with zero attached hydrogens (tertiary/aromatic N) is 2. The van der Waals surface area contributed by atoms with E-state index in [-0.39, 0.29) is 5.91 Å². The Morgan fingerprint density at radius 1 is 1.47 bits per heavy atom. The predicted octanol–water partition coefficient (Wildman–Crippen LogP) is 2.21. The van der Waals surface area contributed by atoms with Gasteiger partial charge in [-0.3, -0.25) is 14.7 Å². The van der Waals surface area contributed by atoms with E-state index < -0.39 is 0 Å². The highest BCUT2D eigenvalue weighted by atomic mass is 35.5. The van der Waals surface area contributed by atoms with Gasteiger partial charge in [-0.05, 0) is 19.1 Å². The van der Waals surface area contributed by atoms with E-state index in [0.717, 1.165) is 5.84 Å². The number of rotatable bonds is 1. The molecule has 0 aliphatic carbocycles. The molecule has 0 N–H and O–H groups in total. The Bertz CT molecular complexity index is 428. The molecule has 1 aromatic rings. The smallest absolute Gasteiger partial charge is 0.260 e. The van der Waals surface area contributed by atoms with Crippen LogP contribution >= 0.6 is 11.6 Å². The molecular weight excluding hydrogens is 212 g/mol. The second kappa shape index (κ2) is 4.03. The van der Waals surface area contributed by atoms with Crippen LogP contribution in [0.25, 0.3) is 0 Å². The van der Waals surface area contributed by atoms with Crippen molar-refractivity contribution in [3.05, 3.63) is 34.9 Å². The molecule has 0 unspecified atom stereocenters. The highest BCUT2D eigenvalue weighted by Crippen LogP contribution is 2.18. The fraction of sp³-hybridized carbons (Fsp3) is 0.273. The first-order valence-corrected chi connectivity index (χ1v) is 5.15. The second-order valence-corrected chi connectivity index (χ2v) is 3.77. The highest BCUT2D eigenvalue weighted by molar-refractivity contribution is 6.34. The molecule has 1 aliphatic rings.